The van der Waals surface area contributed by atoms with Crippen LogP contribution in [0.2, 0.25) is 0 Å². The molecule has 0 unspecified atom stereocenters. The molecule has 0 radical (unpaired) electrons. The van der Waals surface area contributed by atoms with E-state index in [1.807, 2.05) is 62.4 Å². The molecule has 0 bridgehead atoms. The van der Waals surface area contributed by atoms with E-state index in [0.717, 1.165) is 22.4 Å². The van der Waals surface area contributed by atoms with Crippen molar-refractivity contribution >= 4 is 17.5 Å². The molecule has 4 nitrogen and oxygen atoms in total. The van der Waals surface area contributed by atoms with Gasteiger partial charge in [0, 0.05) is 25.2 Å². The first kappa shape index (κ1) is 16.2. The van der Waals surface area contributed by atoms with Gasteiger partial charge in [-0.1, -0.05) is 42.5 Å². The number of benzene rings is 2. The molecular formula is C20H22N2O2. The van der Waals surface area contributed by atoms with Gasteiger partial charge in [0.2, 0.25) is 11.8 Å². The normalized spacial score (nSPS) is 17.2. The molecule has 4 heteroatoms. The Morgan fingerprint density at radius 3 is 2.67 bits per heavy atom. The second-order valence-corrected chi connectivity index (χ2v) is 6.40. The summed E-state index contributed by atoms with van der Waals surface area (Å²) >= 11 is 0. The first-order valence-corrected chi connectivity index (χ1v) is 8.24. The molecule has 0 aromatic heterocycles. The monoisotopic (exact) mass is 322 g/mol. The van der Waals surface area contributed by atoms with Crippen LogP contribution >= 0.6 is 0 Å². The van der Waals surface area contributed by atoms with Crippen molar-refractivity contribution < 1.29 is 9.59 Å². The number of nitrogens with zero attached hydrogens (tertiary/aromatic N) is 1. The zero-order valence-corrected chi connectivity index (χ0v) is 14.1. The van der Waals surface area contributed by atoms with Crippen LogP contribution in [0.15, 0.2) is 48.5 Å². The van der Waals surface area contributed by atoms with Crippen LogP contribution in [0.1, 0.15) is 23.1 Å². The molecule has 1 saturated heterocycles. The molecule has 3 rings (SSSR count). The molecule has 1 atom stereocenters. The van der Waals surface area contributed by atoms with E-state index in [4.69, 9.17) is 0 Å². The van der Waals surface area contributed by atoms with Crippen LogP contribution in [0.3, 0.4) is 0 Å². The summed E-state index contributed by atoms with van der Waals surface area (Å²) in [5.74, 6) is -0.329. The van der Waals surface area contributed by atoms with E-state index in [2.05, 4.69) is 5.32 Å². The number of hydrogen-bond acceptors (Lipinski definition) is 2. The largest absolute Gasteiger partial charge is 0.352 e. The van der Waals surface area contributed by atoms with E-state index in [9.17, 15) is 9.59 Å². The Balaban J connectivity index is 1.66. The van der Waals surface area contributed by atoms with Gasteiger partial charge in [0.05, 0.1) is 5.92 Å². The van der Waals surface area contributed by atoms with Gasteiger partial charge in [0.1, 0.15) is 0 Å². The Labute approximate surface area is 142 Å². The number of aryl methyl sites for hydroxylation is 2. The molecule has 1 aliphatic rings. The Kier molecular flexibility index (Phi) is 4.65. The first-order valence-electron chi connectivity index (χ1n) is 8.24. The average Bonchev–Trinajstić information content (AvgIpc) is 2.97. The minimum atomic E-state index is -0.291. The van der Waals surface area contributed by atoms with Crippen molar-refractivity contribution in [1.29, 1.82) is 0 Å². The lowest BCUT2D eigenvalue weighted by Gasteiger charge is -2.19. The number of carbonyl (C=O) groups is 2. The summed E-state index contributed by atoms with van der Waals surface area (Å²) in [4.78, 5) is 26.5. The second-order valence-electron chi connectivity index (χ2n) is 6.40. The minimum Gasteiger partial charge on any atom is -0.352 e. The summed E-state index contributed by atoms with van der Waals surface area (Å²) in [6.07, 6.45) is 0.272. The number of hydrogen-bond donors (Lipinski definition) is 1. The van der Waals surface area contributed by atoms with Gasteiger partial charge in [-0.15, -0.1) is 0 Å². The van der Waals surface area contributed by atoms with Crippen LogP contribution in [-0.4, -0.2) is 18.4 Å². The van der Waals surface area contributed by atoms with Crippen LogP contribution in [0.4, 0.5) is 5.69 Å². The maximum atomic E-state index is 12.4. The molecule has 2 aromatic carbocycles. The van der Waals surface area contributed by atoms with E-state index < -0.39 is 0 Å². The van der Waals surface area contributed by atoms with Gasteiger partial charge in [-0.2, -0.15) is 0 Å². The Morgan fingerprint density at radius 2 is 1.92 bits per heavy atom. The average molecular weight is 322 g/mol. The number of rotatable bonds is 4. The molecule has 1 aliphatic heterocycles. The van der Waals surface area contributed by atoms with Crippen molar-refractivity contribution in [2.75, 3.05) is 11.4 Å². The third kappa shape index (κ3) is 3.48. The molecule has 2 aromatic rings. The molecular weight excluding hydrogens is 300 g/mol. The van der Waals surface area contributed by atoms with E-state index in [1.54, 1.807) is 4.90 Å². The van der Waals surface area contributed by atoms with E-state index in [1.165, 1.54) is 0 Å². The van der Waals surface area contributed by atoms with Gasteiger partial charge in [0.25, 0.3) is 0 Å². The number of amides is 2. The summed E-state index contributed by atoms with van der Waals surface area (Å²) in [6.45, 7) is 4.94. The summed E-state index contributed by atoms with van der Waals surface area (Å²) in [6, 6.07) is 15.8. The Bertz CT molecular complexity index is 755. The zero-order valence-electron chi connectivity index (χ0n) is 14.1. The number of carbonyl (C=O) groups excluding carboxylic acids is 2. The lowest BCUT2D eigenvalue weighted by Crippen LogP contribution is -2.32. The minimum absolute atomic E-state index is 0.0172. The van der Waals surface area contributed by atoms with Crippen molar-refractivity contribution in [2.24, 2.45) is 5.92 Å². The predicted molar refractivity (Wildman–Crippen MR) is 94.7 cm³/mol. The van der Waals surface area contributed by atoms with Gasteiger partial charge >= 0.3 is 0 Å². The quantitative estimate of drug-likeness (QED) is 0.941. The van der Waals surface area contributed by atoms with Crippen LogP contribution in [0, 0.1) is 19.8 Å². The first-order chi connectivity index (χ1) is 11.5. The van der Waals surface area contributed by atoms with Crippen molar-refractivity contribution in [3.63, 3.8) is 0 Å². The molecule has 0 saturated carbocycles. The zero-order chi connectivity index (χ0) is 17.1. The fraction of sp³-hybridized carbons (Fsp3) is 0.300. The van der Waals surface area contributed by atoms with E-state index >= 15 is 0 Å². The molecule has 0 spiro atoms. The third-order valence-electron chi connectivity index (χ3n) is 4.46. The number of anilines is 1. The lowest BCUT2D eigenvalue weighted by atomic mass is 10.1. The summed E-state index contributed by atoms with van der Waals surface area (Å²) in [5, 5.41) is 2.94. The fourth-order valence-corrected chi connectivity index (χ4v) is 3.06. The standard InChI is InChI=1S/C20H22N2O2/c1-14-8-9-15(2)18(10-14)22-13-17(11-19(22)23)20(24)21-12-16-6-4-3-5-7-16/h3-10,17H,11-13H2,1-2H3,(H,21,24)/t17-/m0/s1. The lowest BCUT2D eigenvalue weighted by molar-refractivity contribution is -0.126. The van der Waals surface area contributed by atoms with E-state index in [-0.39, 0.29) is 24.2 Å². The Hall–Kier alpha value is -2.62. The molecule has 24 heavy (non-hydrogen) atoms. The second kappa shape index (κ2) is 6.87. The van der Waals surface area contributed by atoms with Gasteiger partial charge in [-0.3, -0.25) is 9.59 Å². The van der Waals surface area contributed by atoms with Crippen molar-refractivity contribution in [3.05, 3.63) is 65.2 Å². The van der Waals surface area contributed by atoms with Gasteiger partial charge in [0.15, 0.2) is 0 Å². The summed E-state index contributed by atoms with van der Waals surface area (Å²) in [5.41, 5.74) is 4.14. The molecule has 1 fully saturated rings. The molecule has 1 heterocycles. The summed E-state index contributed by atoms with van der Waals surface area (Å²) in [7, 11) is 0. The van der Waals surface area contributed by atoms with Crippen molar-refractivity contribution in [1.82, 2.24) is 5.32 Å². The van der Waals surface area contributed by atoms with E-state index in [0.29, 0.717) is 13.1 Å². The SMILES string of the molecule is Cc1ccc(C)c(N2C[C@@H](C(=O)NCc3ccccc3)CC2=O)c1. The highest BCUT2D eigenvalue weighted by molar-refractivity contribution is 6.00. The maximum absolute atomic E-state index is 12.4. The van der Waals surface area contributed by atoms with Crippen LogP contribution in [0.25, 0.3) is 0 Å². The van der Waals surface area contributed by atoms with Crippen LogP contribution < -0.4 is 10.2 Å². The molecule has 1 N–H and O–H groups in total. The highest BCUT2D eigenvalue weighted by atomic mass is 16.2. The van der Waals surface area contributed by atoms with Crippen LogP contribution in [-0.2, 0) is 16.1 Å². The third-order valence-corrected chi connectivity index (χ3v) is 4.46. The maximum Gasteiger partial charge on any atom is 0.227 e. The fourth-order valence-electron chi connectivity index (χ4n) is 3.06. The summed E-state index contributed by atoms with van der Waals surface area (Å²) < 4.78 is 0. The Morgan fingerprint density at radius 1 is 1.17 bits per heavy atom. The highest BCUT2D eigenvalue weighted by Gasteiger charge is 2.35. The highest BCUT2D eigenvalue weighted by Crippen LogP contribution is 2.28. The van der Waals surface area contributed by atoms with Crippen molar-refractivity contribution in [3.8, 4) is 0 Å². The molecule has 0 aliphatic carbocycles. The smallest absolute Gasteiger partial charge is 0.227 e. The topological polar surface area (TPSA) is 49.4 Å². The molecule has 2 amide bonds. The van der Waals surface area contributed by atoms with Crippen LogP contribution in [0.5, 0.6) is 0 Å². The van der Waals surface area contributed by atoms with Gasteiger partial charge in [-0.05, 0) is 36.6 Å². The number of nitrogens with one attached hydrogen (secondary N) is 1. The predicted octanol–water partition coefficient (Wildman–Crippen LogP) is 2.97. The molecule has 124 valence electrons. The van der Waals surface area contributed by atoms with Gasteiger partial charge in [-0.25, -0.2) is 0 Å². The van der Waals surface area contributed by atoms with Crippen molar-refractivity contribution in [2.45, 2.75) is 26.8 Å². The van der Waals surface area contributed by atoms with Gasteiger partial charge < -0.3 is 10.2 Å².